The molecule has 3 heteroatoms. The third-order valence-electron chi connectivity index (χ3n) is 4.01. The summed E-state index contributed by atoms with van der Waals surface area (Å²) in [5, 5.41) is 10.2. The van der Waals surface area contributed by atoms with Gasteiger partial charge in [-0.1, -0.05) is 37.8 Å². The van der Waals surface area contributed by atoms with E-state index in [1.165, 1.54) is 25.7 Å². The van der Waals surface area contributed by atoms with Gasteiger partial charge in [-0.25, -0.2) is 4.98 Å². The van der Waals surface area contributed by atoms with Crippen LogP contribution in [0.4, 0.5) is 0 Å². The van der Waals surface area contributed by atoms with Crippen LogP contribution in [0, 0.1) is 5.92 Å². The molecule has 1 aromatic heterocycles. The zero-order valence-corrected chi connectivity index (χ0v) is 10.6. The quantitative estimate of drug-likeness (QED) is 0.898. The molecular formula is C15H20N2O. The summed E-state index contributed by atoms with van der Waals surface area (Å²) < 4.78 is 2.06. The molecular weight excluding hydrogens is 224 g/mol. The van der Waals surface area contributed by atoms with Crippen LogP contribution in [0.15, 0.2) is 30.6 Å². The highest BCUT2D eigenvalue weighted by Gasteiger charge is 2.19. The normalized spacial score (nSPS) is 18.5. The van der Waals surface area contributed by atoms with Gasteiger partial charge < -0.3 is 9.67 Å². The molecule has 1 fully saturated rings. The average molecular weight is 244 g/mol. The van der Waals surface area contributed by atoms with Gasteiger partial charge in [0.25, 0.3) is 0 Å². The van der Waals surface area contributed by atoms with E-state index in [1.807, 2.05) is 24.5 Å². The summed E-state index contributed by atoms with van der Waals surface area (Å²) in [6.45, 7) is 0.664. The van der Waals surface area contributed by atoms with Crippen molar-refractivity contribution in [2.75, 3.05) is 0 Å². The number of aromatic nitrogens is 2. The number of benzene rings is 1. The molecule has 1 unspecified atom stereocenters. The fourth-order valence-electron chi connectivity index (χ4n) is 3.09. The molecule has 1 heterocycles. The number of aliphatic hydroxyl groups is 1. The summed E-state index contributed by atoms with van der Waals surface area (Å²) in [4.78, 5) is 4.36. The number of hydrogen-bond acceptors (Lipinski definition) is 2. The molecule has 96 valence electrons. The van der Waals surface area contributed by atoms with Crippen molar-refractivity contribution in [3.63, 3.8) is 0 Å². The topological polar surface area (TPSA) is 38.0 Å². The van der Waals surface area contributed by atoms with Crippen LogP contribution in [0.5, 0.6) is 0 Å². The summed E-state index contributed by atoms with van der Waals surface area (Å²) in [5.74, 6) is 0.731. The summed E-state index contributed by atoms with van der Waals surface area (Å²) in [7, 11) is 0. The fraction of sp³-hybridized carbons (Fsp3) is 0.533. The number of imidazole rings is 1. The van der Waals surface area contributed by atoms with E-state index in [0.29, 0.717) is 6.54 Å². The predicted molar refractivity (Wildman–Crippen MR) is 72.3 cm³/mol. The number of aliphatic hydroxyl groups excluding tert-OH is 1. The maximum Gasteiger partial charge on any atom is 0.0959 e. The molecule has 0 radical (unpaired) electrons. The van der Waals surface area contributed by atoms with Gasteiger partial charge >= 0.3 is 0 Å². The first-order valence-corrected chi connectivity index (χ1v) is 6.91. The van der Waals surface area contributed by atoms with Crippen LogP contribution >= 0.6 is 0 Å². The molecule has 1 saturated carbocycles. The van der Waals surface area contributed by atoms with Crippen LogP contribution in [-0.4, -0.2) is 20.8 Å². The van der Waals surface area contributed by atoms with Gasteiger partial charge in [-0.2, -0.15) is 0 Å². The number of para-hydroxylation sites is 2. The van der Waals surface area contributed by atoms with Gasteiger partial charge in [0.1, 0.15) is 0 Å². The molecule has 0 aliphatic heterocycles. The summed E-state index contributed by atoms with van der Waals surface area (Å²) in [6, 6.07) is 8.08. The standard InChI is InChI=1S/C15H20N2O/c18-13(9-12-5-1-2-6-12)10-17-11-16-14-7-3-4-8-15(14)17/h3-4,7-8,11-13,18H,1-2,5-6,9-10H2. The maximum atomic E-state index is 10.2. The van der Waals surface area contributed by atoms with E-state index in [1.54, 1.807) is 0 Å². The Morgan fingerprint density at radius 1 is 1.28 bits per heavy atom. The summed E-state index contributed by atoms with van der Waals surface area (Å²) >= 11 is 0. The lowest BCUT2D eigenvalue weighted by Gasteiger charge is -2.16. The van der Waals surface area contributed by atoms with Gasteiger partial charge in [0.2, 0.25) is 0 Å². The molecule has 0 amide bonds. The lowest BCUT2D eigenvalue weighted by atomic mass is 10.00. The van der Waals surface area contributed by atoms with Crippen molar-refractivity contribution < 1.29 is 5.11 Å². The monoisotopic (exact) mass is 244 g/mol. The molecule has 1 aliphatic carbocycles. The van der Waals surface area contributed by atoms with Crippen LogP contribution in [0.1, 0.15) is 32.1 Å². The van der Waals surface area contributed by atoms with Gasteiger partial charge in [-0.15, -0.1) is 0 Å². The Balaban J connectivity index is 1.67. The zero-order chi connectivity index (χ0) is 12.4. The predicted octanol–water partition coefficient (Wildman–Crippen LogP) is 2.98. The van der Waals surface area contributed by atoms with Crippen molar-refractivity contribution in [2.45, 2.75) is 44.8 Å². The molecule has 1 aromatic carbocycles. The van der Waals surface area contributed by atoms with E-state index in [9.17, 15) is 5.11 Å². The fourth-order valence-corrected chi connectivity index (χ4v) is 3.09. The Morgan fingerprint density at radius 3 is 2.89 bits per heavy atom. The molecule has 2 aromatic rings. The Morgan fingerprint density at radius 2 is 2.06 bits per heavy atom. The first-order valence-electron chi connectivity index (χ1n) is 6.91. The lowest BCUT2D eigenvalue weighted by Crippen LogP contribution is -2.18. The van der Waals surface area contributed by atoms with Crippen LogP contribution in [0.3, 0.4) is 0 Å². The largest absolute Gasteiger partial charge is 0.391 e. The third-order valence-corrected chi connectivity index (χ3v) is 4.01. The first kappa shape index (κ1) is 11.7. The minimum absolute atomic E-state index is 0.245. The summed E-state index contributed by atoms with van der Waals surface area (Å²) in [5.41, 5.74) is 2.12. The van der Waals surface area contributed by atoms with Crippen molar-refractivity contribution in [1.29, 1.82) is 0 Å². The SMILES string of the molecule is OC(CC1CCCC1)Cn1cnc2ccccc21. The number of hydrogen-bond donors (Lipinski definition) is 1. The number of rotatable bonds is 4. The molecule has 0 spiro atoms. The molecule has 1 aliphatic rings. The van der Waals surface area contributed by atoms with Crippen molar-refractivity contribution in [1.82, 2.24) is 9.55 Å². The highest BCUT2D eigenvalue weighted by atomic mass is 16.3. The number of fused-ring (bicyclic) bond motifs is 1. The van der Waals surface area contributed by atoms with E-state index >= 15 is 0 Å². The minimum Gasteiger partial charge on any atom is -0.391 e. The van der Waals surface area contributed by atoms with Crippen LogP contribution in [0.25, 0.3) is 11.0 Å². The molecule has 3 rings (SSSR count). The van der Waals surface area contributed by atoms with Crippen molar-refractivity contribution in [3.05, 3.63) is 30.6 Å². The smallest absolute Gasteiger partial charge is 0.0959 e. The third kappa shape index (κ3) is 2.41. The highest BCUT2D eigenvalue weighted by molar-refractivity contribution is 5.74. The second kappa shape index (κ2) is 5.11. The van der Waals surface area contributed by atoms with E-state index < -0.39 is 0 Å². The molecule has 3 nitrogen and oxygen atoms in total. The van der Waals surface area contributed by atoms with Crippen LogP contribution in [0.2, 0.25) is 0 Å². The van der Waals surface area contributed by atoms with Gasteiger partial charge in [-0.05, 0) is 24.5 Å². The average Bonchev–Trinajstić information content (AvgIpc) is 3.00. The Labute approximate surface area is 107 Å². The van der Waals surface area contributed by atoms with Crippen LogP contribution < -0.4 is 0 Å². The molecule has 1 atom stereocenters. The summed E-state index contributed by atoms with van der Waals surface area (Å²) in [6.07, 6.45) is 7.79. The van der Waals surface area contributed by atoms with Crippen molar-refractivity contribution in [2.24, 2.45) is 5.92 Å². The van der Waals surface area contributed by atoms with Crippen molar-refractivity contribution in [3.8, 4) is 0 Å². The molecule has 1 N–H and O–H groups in total. The van der Waals surface area contributed by atoms with Gasteiger partial charge in [0.15, 0.2) is 0 Å². The molecule has 18 heavy (non-hydrogen) atoms. The van der Waals surface area contributed by atoms with E-state index in [-0.39, 0.29) is 6.10 Å². The van der Waals surface area contributed by atoms with Crippen LogP contribution in [-0.2, 0) is 6.54 Å². The first-order chi connectivity index (χ1) is 8.83. The molecule has 0 bridgehead atoms. The Hall–Kier alpha value is -1.35. The lowest BCUT2D eigenvalue weighted by molar-refractivity contribution is 0.125. The second-order valence-corrected chi connectivity index (χ2v) is 5.43. The second-order valence-electron chi connectivity index (χ2n) is 5.43. The Kier molecular flexibility index (Phi) is 3.33. The minimum atomic E-state index is -0.245. The van der Waals surface area contributed by atoms with E-state index in [0.717, 1.165) is 23.4 Å². The maximum absolute atomic E-state index is 10.2. The molecule has 0 saturated heterocycles. The van der Waals surface area contributed by atoms with Crippen molar-refractivity contribution >= 4 is 11.0 Å². The number of nitrogens with zero attached hydrogens (tertiary/aromatic N) is 2. The van der Waals surface area contributed by atoms with E-state index in [4.69, 9.17) is 0 Å². The zero-order valence-electron chi connectivity index (χ0n) is 10.6. The van der Waals surface area contributed by atoms with Gasteiger partial charge in [0, 0.05) is 0 Å². The van der Waals surface area contributed by atoms with E-state index in [2.05, 4.69) is 15.6 Å². The Bertz CT molecular complexity index is 514. The highest BCUT2D eigenvalue weighted by Crippen LogP contribution is 2.29. The van der Waals surface area contributed by atoms with Gasteiger partial charge in [0.05, 0.1) is 30.0 Å². The van der Waals surface area contributed by atoms with Gasteiger partial charge in [-0.3, -0.25) is 0 Å².